The maximum absolute atomic E-state index is 13.8. The maximum Gasteiger partial charge on any atom is 0.265 e. The van der Waals surface area contributed by atoms with Gasteiger partial charge in [-0.25, -0.2) is 14.1 Å². The number of nitrogens with zero attached hydrogens (tertiary/aromatic N) is 5. The first-order valence-corrected chi connectivity index (χ1v) is 11.4. The van der Waals surface area contributed by atoms with Gasteiger partial charge in [0.2, 0.25) is 0 Å². The molecule has 0 saturated heterocycles. The van der Waals surface area contributed by atoms with E-state index in [1.807, 2.05) is 73.8 Å². The Bertz CT molecular complexity index is 1720. The number of halogens is 1. The minimum absolute atomic E-state index is 0.243. The summed E-state index contributed by atoms with van der Waals surface area (Å²) in [6.45, 7) is 1.90. The molecule has 36 heavy (non-hydrogen) atoms. The highest BCUT2D eigenvalue weighted by atomic mass is 19.1. The predicted molar refractivity (Wildman–Crippen MR) is 136 cm³/mol. The van der Waals surface area contributed by atoms with Gasteiger partial charge >= 0.3 is 0 Å². The maximum atomic E-state index is 13.8. The van der Waals surface area contributed by atoms with E-state index in [4.69, 9.17) is 10.1 Å². The van der Waals surface area contributed by atoms with Crippen molar-refractivity contribution in [2.45, 2.75) is 6.92 Å². The van der Waals surface area contributed by atoms with E-state index in [0.29, 0.717) is 39.2 Å². The molecular weight excluding hydrogens is 453 g/mol. The first kappa shape index (κ1) is 21.6. The minimum Gasteiger partial charge on any atom is -0.268 e. The molecule has 0 saturated carbocycles. The second kappa shape index (κ2) is 8.70. The normalized spacial score (nSPS) is 11.2. The standard InChI is InChI=1S/C29H20FN5O/c1-19-15-21(17-31-16-19)29(36)35-26-10-6-5-9-25(26)32-28(35)24-18-34(23-7-3-2-4-8-23)33-27(24)20-11-13-22(30)14-12-20/h2-18H,1H3. The van der Waals surface area contributed by atoms with Crippen molar-refractivity contribution < 1.29 is 9.18 Å². The van der Waals surface area contributed by atoms with E-state index < -0.39 is 0 Å². The molecule has 0 spiro atoms. The number of aromatic nitrogens is 5. The van der Waals surface area contributed by atoms with Crippen molar-refractivity contribution in [2.75, 3.05) is 0 Å². The third-order valence-electron chi connectivity index (χ3n) is 5.98. The average molecular weight is 474 g/mol. The fourth-order valence-electron chi connectivity index (χ4n) is 4.28. The second-order valence-electron chi connectivity index (χ2n) is 8.49. The quantitative estimate of drug-likeness (QED) is 0.311. The van der Waals surface area contributed by atoms with Gasteiger partial charge in [-0.2, -0.15) is 5.10 Å². The molecular formula is C29H20FN5O. The zero-order valence-corrected chi connectivity index (χ0v) is 19.3. The van der Waals surface area contributed by atoms with Crippen molar-refractivity contribution in [1.82, 2.24) is 24.3 Å². The number of aryl methyl sites for hydroxylation is 1. The van der Waals surface area contributed by atoms with Crippen molar-refractivity contribution in [2.24, 2.45) is 0 Å². The monoisotopic (exact) mass is 473 g/mol. The van der Waals surface area contributed by atoms with Gasteiger partial charge in [0, 0.05) is 24.2 Å². The van der Waals surface area contributed by atoms with Crippen LogP contribution < -0.4 is 0 Å². The number of fused-ring (bicyclic) bond motifs is 1. The van der Waals surface area contributed by atoms with Gasteiger partial charge in [-0.15, -0.1) is 0 Å². The molecule has 0 amide bonds. The summed E-state index contributed by atoms with van der Waals surface area (Å²) in [7, 11) is 0. The van der Waals surface area contributed by atoms with Gasteiger partial charge in [-0.3, -0.25) is 14.3 Å². The van der Waals surface area contributed by atoms with E-state index in [1.165, 1.54) is 12.1 Å². The highest BCUT2D eigenvalue weighted by Gasteiger charge is 2.24. The minimum atomic E-state index is -0.336. The summed E-state index contributed by atoms with van der Waals surface area (Å²) in [6, 6.07) is 25.1. The predicted octanol–water partition coefficient (Wildman–Crippen LogP) is 6.09. The lowest BCUT2D eigenvalue weighted by molar-refractivity contribution is 0.0966. The summed E-state index contributed by atoms with van der Waals surface area (Å²) in [5.74, 6) is -0.131. The summed E-state index contributed by atoms with van der Waals surface area (Å²) in [6.07, 6.45) is 5.12. The summed E-state index contributed by atoms with van der Waals surface area (Å²) in [4.78, 5) is 22.9. The van der Waals surface area contributed by atoms with Crippen LogP contribution in [0.3, 0.4) is 0 Å². The number of carbonyl (C=O) groups is 1. The third kappa shape index (κ3) is 3.76. The molecule has 174 valence electrons. The van der Waals surface area contributed by atoms with E-state index in [2.05, 4.69) is 4.98 Å². The molecule has 6 aromatic rings. The smallest absolute Gasteiger partial charge is 0.265 e. The molecule has 3 heterocycles. The van der Waals surface area contributed by atoms with Crippen molar-refractivity contribution in [3.05, 3.63) is 120 Å². The number of imidazole rings is 1. The van der Waals surface area contributed by atoms with Gasteiger partial charge in [0.05, 0.1) is 27.8 Å². The van der Waals surface area contributed by atoms with Crippen molar-refractivity contribution in [3.63, 3.8) is 0 Å². The van der Waals surface area contributed by atoms with E-state index in [1.54, 1.807) is 33.8 Å². The molecule has 0 N–H and O–H groups in total. The van der Waals surface area contributed by atoms with E-state index in [0.717, 1.165) is 11.3 Å². The number of hydrogen-bond donors (Lipinski definition) is 0. The Morgan fingerprint density at radius 1 is 0.889 bits per heavy atom. The molecule has 0 bridgehead atoms. The number of pyridine rings is 1. The fourth-order valence-corrected chi connectivity index (χ4v) is 4.28. The van der Waals surface area contributed by atoms with Gasteiger partial charge in [0.15, 0.2) is 5.82 Å². The van der Waals surface area contributed by atoms with Gasteiger partial charge in [0.1, 0.15) is 11.5 Å². The Hall–Kier alpha value is -4.91. The Labute approximate surface area is 206 Å². The van der Waals surface area contributed by atoms with Crippen LogP contribution in [0.15, 0.2) is 104 Å². The van der Waals surface area contributed by atoms with Crippen molar-refractivity contribution in [3.8, 4) is 28.3 Å². The lowest BCUT2D eigenvalue weighted by atomic mass is 10.1. The number of benzene rings is 3. The number of hydrogen-bond acceptors (Lipinski definition) is 4. The lowest BCUT2D eigenvalue weighted by Gasteiger charge is -2.09. The molecule has 0 unspecified atom stereocenters. The third-order valence-corrected chi connectivity index (χ3v) is 5.98. The van der Waals surface area contributed by atoms with E-state index >= 15 is 0 Å². The molecule has 0 aliphatic carbocycles. The Morgan fingerprint density at radius 3 is 2.42 bits per heavy atom. The van der Waals surface area contributed by atoms with Gasteiger partial charge < -0.3 is 0 Å². The highest BCUT2D eigenvalue weighted by molar-refractivity contribution is 6.04. The van der Waals surface area contributed by atoms with Crippen LogP contribution in [0.5, 0.6) is 0 Å². The number of carbonyl (C=O) groups excluding carboxylic acids is 1. The fraction of sp³-hybridized carbons (Fsp3) is 0.0345. The molecule has 7 heteroatoms. The molecule has 6 nitrogen and oxygen atoms in total. The van der Waals surface area contributed by atoms with Gasteiger partial charge in [-0.1, -0.05) is 30.3 Å². The van der Waals surface area contributed by atoms with Crippen LogP contribution in [-0.4, -0.2) is 30.2 Å². The van der Waals surface area contributed by atoms with E-state index in [-0.39, 0.29) is 11.7 Å². The Balaban J connectivity index is 1.63. The molecule has 0 aliphatic heterocycles. The zero-order valence-electron chi connectivity index (χ0n) is 19.3. The summed E-state index contributed by atoms with van der Waals surface area (Å²) in [5.41, 5.74) is 5.50. The zero-order chi connectivity index (χ0) is 24.6. The first-order valence-electron chi connectivity index (χ1n) is 11.4. The first-order chi connectivity index (χ1) is 17.6. The molecule has 6 rings (SSSR count). The Morgan fingerprint density at radius 2 is 1.64 bits per heavy atom. The number of rotatable bonds is 4. The van der Waals surface area contributed by atoms with Gasteiger partial charge in [-0.05, 0) is 67.1 Å². The SMILES string of the molecule is Cc1cncc(C(=O)n2c(-c3cn(-c4ccccc4)nc3-c3ccc(F)cc3)nc3ccccc32)c1. The summed E-state index contributed by atoms with van der Waals surface area (Å²) in [5, 5.41) is 4.83. The van der Waals surface area contributed by atoms with Crippen LogP contribution >= 0.6 is 0 Å². The highest BCUT2D eigenvalue weighted by Crippen LogP contribution is 2.34. The molecule has 0 radical (unpaired) electrons. The van der Waals surface area contributed by atoms with E-state index in [9.17, 15) is 9.18 Å². The summed E-state index contributed by atoms with van der Waals surface area (Å²) < 4.78 is 17.1. The van der Waals surface area contributed by atoms with Crippen molar-refractivity contribution in [1.29, 1.82) is 0 Å². The lowest BCUT2D eigenvalue weighted by Crippen LogP contribution is -2.14. The molecule has 0 fully saturated rings. The van der Waals surface area contributed by atoms with Crippen LogP contribution in [0.25, 0.3) is 39.4 Å². The molecule has 0 atom stereocenters. The second-order valence-corrected chi connectivity index (χ2v) is 8.49. The van der Waals surface area contributed by atoms with Crippen LogP contribution in [0, 0.1) is 12.7 Å². The largest absolute Gasteiger partial charge is 0.268 e. The Kier molecular flexibility index (Phi) is 5.22. The van der Waals surface area contributed by atoms with Crippen molar-refractivity contribution >= 4 is 16.9 Å². The summed E-state index contributed by atoms with van der Waals surface area (Å²) >= 11 is 0. The van der Waals surface area contributed by atoms with Gasteiger partial charge in [0.25, 0.3) is 5.91 Å². The van der Waals surface area contributed by atoms with Crippen LogP contribution in [0.1, 0.15) is 15.9 Å². The van der Waals surface area contributed by atoms with Crippen LogP contribution in [0.2, 0.25) is 0 Å². The molecule has 3 aromatic carbocycles. The molecule has 3 aromatic heterocycles. The molecule has 0 aliphatic rings. The number of para-hydroxylation sites is 3. The van der Waals surface area contributed by atoms with Crippen LogP contribution in [0.4, 0.5) is 4.39 Å². The topological polar surface area (TPSA) is 65.6 Å². The average Bonchev–Trinajstić information content (AvgIpc) is 3.51. The van der Waals surface area contributed by atoms with Crippen LogP contribution in [-0.2, 0) is 0 Å².